The van der Waals surface area contributed by atoms with Crippen LogP contribution in [0.4, 0.5) is 0 Å². The van der Waals surface area contributed by atoms with Crippen LogP contribution in [0.5, 0.6) is 0 Å². The number of carbonyl (C=O) groups is 1. The zero-order valence-electron chi connectivity index (χ0n) is 64.2. The molecule has 0 saturated carbocycles. The lowest BCUT2D eigenvalue weighted by molar-refractivity contribution is -0.379. The average Bonchev–Trinajstić information content (AvgIpc) is 0.783. The molecule has 17 atom stereocenters. The maximum Gasteiger partial charge on any atom is 0.220 e. The maximum atomic E-state index is 13.5. The molecule has 0 bridgehead atoms. The van der Waals surface area contributed by atoms with Gasteiger partial charge >= 0.3 is 0 Å². The summed E-state index contributed by atoms with van der Waals surface area (Å²) in [6, 6.07) is -0.978. The van der Waals surface area contributed by atoms with Gasteiger partial charge in [-0.15, -0.1) is 0 Å². The first-order valence-electron chi connectivity index (χ1n) is 41.1. The van der Waals surface area contributed by atoms with Crippen LogP contribution < -0.4 is 5.32 Å². The maximum absolute atomic E-state index is 13.5. The number of nitrogens with one attached hydrogen (secondary N) is 1. The third kappa shape index (κ3) is 43.6. The molecule has 0 aromatic heterocycles. The van der Waals surface area contributed by atoms with Gasteiger partial charge in [0.15, 0.2) is 18.9 Å². The molecule has 0 aromatic carbocycles. The Labute approximate surface area is 627 Å². The van der Waals surface area contributed by atoms with Crippen LogP contribution in [0.3, 0.4) is 0 Å². The molecule has 104 heavy (non-hydrogen) atoms. The monoisotopic (exact) mass is 1470 g/mol. The quantitative estimate of drug-likeness (QED) is 0.0199. The van der Waals surface area contributed by atoms with Gasteiger partial charge in [-0.3, -0.25) is 4.79 Å². The lowest BCUT2D eigenvalue weighted by Crippen LogP contribution is -2.66. The van der Waals surface area contributed by atoms with Crippen molar-refractivity contribution in [1.29, 1.82) is 0 Å². The van der Waals surface area contributed by atoms with E-state index in [1.54, 1.807) is 6.08 Å². The van der Waals surface area contributed by atoms with Crippen molar-refractivity contribution in [2.24, 2.45) is 0 Å². The Morgan fingerprint density at radius 1 is 0.356 bits per heavy atom. The van der Waals surface area contributed by atoms with Gasteiger partial charge in [0.25, 0.3) is 0 Å². The van der Waals surface area contributed by atoms with E-state index >= 15 is 0 Å². The van der Waals surface area contributed by atoms with E-state index in [9.17, 15) is 61.0 Å². The summed E-state index contributed by atoms with van der Waals surface area (Å²) in [7, 11) is 0. The number of hydrogen-bond acceptors (Lipinski definition) is 18. The number of ether oxygens (including phenoxy) is 6. The highest BCUT2D eigenvalue weighted by Crippen LogP contribution is 2.33. The van der Waals surface area contributed by atoms with E-state index in [1.807, 2.05) is 6.08 Å². The van der Waals surface area contributed by atoms with Crippen molar-refractivity contribution in [2.75, 3.05) is 26.4 Å². The number of rotatable bonds is 64. The Kier molecular flexibility index (Phi) is 58.5. The van der Waals surface area contributed by atoms with Gasteiger partial charge in [0.1, 0.15) is 73.2 Å². The smallest absolute Gasteiger partial charge is 0.220 e. The molecular weight excluding hydrogens is 1320 g/mol. The minimum absolute atomic E-state index is 0.240. The average molecular weight is 1470 g/mol. The van der Waals surface area contributed by atoms with Crippen molar-refractivity contribution in [3.8, 4) is 0 Å². The molecule has 0 radical (unpaired) electrons. The minimum atomic E-state index is -1.98. The molecule has 3 heterocycles. The topological polar surface area (TPSA) is 307 Å². The van der Waals surface area contributed by atoms with Crippen LogP contribution in [0.2, 0.25) is 0 Å². The molecule has 600 valence electrons. The second kappa shape index (κ2) is 64.3. The summed E-state index contributed by atoms with van der Waals surface area (Å²) in [4.78, 5) is 13.5. The van der Waals surface area contributed by atoms with Crippen LogP contribution in [0.25, 0.3) is 0 Å². The first-order chi connectivity index (χ1) is 50.8. The number of allylic oxidation sites excluding steroid dienone is 17. The van der Waals surface area contributed by atoms with Gasteiger partial charge in [-0.2, -0.15) is 0 Å². The summed E-state index contributed by atoms with van der Waals surface area (Å²) in [5.74, 6) is -0.276. The molecule has 3 saturated heterocycles. The van der Waals surface area contributed by atoms with Crippen molar-refractivity contribution in [3.05, 3.63) is 109 Å². The Balaban J connectivity index is 1.31. The third-order valence-corrected chi connectivity index (χ3v) is 19.8. The Morgan fingerprint density at radius 3 is 1.04 bits per heavy atom. The fourth-order valence-electron chi connectivity index (χ4n) is 13.3. The molecule has 0 spiro atoms. The highest BCUT2D eigenvalue weighted by molar-refractivity contribution is 5.76. The van der Waals surface area contributed by atoms with E-state index < -0.39 is 124 Å². The van der Waals surface area contributed by atoms with Crippen molar-refractivity contribution in [3.63, 3.8) is 0 Å². The molecule has 1 amide bonds. The second-order valence-corrected chi connectivity index (χ2v) is 28.9. The number of aliphatic hydroxyl groups excluding tert-OH is 11. The molecule has 0 aliphatic carbocycles. The van der Waals surface area contributed by atoms with Crippen molar-refractivity contribution >= 4 is 5.91 Å². The van der Waals surface area contributed by atoms with Crippen LogP contribution in [-0.4, -0.2) is 193 Å². The molecular formula is C85H147NO18. The molecule has 19 nitrogen and oxygen atoms in total. The zero-order chi connectivity index (χ0) is 75.3. The number of amides is 1. The fraction of sp³-hybridized carbons (Fsp3) is 0.776. The van der Waals surface area contributed by atoms with Gasteiger partial charge < -0.3 is 89.9 Å². The number of carbonyl (C=O) groups excluding carboxylic acids is 1. The normalized spacial score (nSPS) is 26.5. The lowest BCUT2D eigenvalue weighted by atomic mass is 9.96. The summed E-state index contributed by atoms with van der Waals surface area (Å²) < 4.78 is 34.4. The third-order valence-electron chi connectivity index (χ3n) is 19.8. The Morgan fingerprint density at radius 2 is 0.663 bits per heavy atom. The van der Waals surface area contributed by atoms with Crippen LogP contribution in [-0.2, 0) is 33.2 Å². The summed E-state index contributed by atoms with van der Waals surface area (Å²) in [5, 5.41) is 121. The fourth-order valence-corrected chi connectivity index (χ4v) is 13.3. The standard InChI is InChI=1S/C85H147NO18/c1-3-5-7-9-11-13-15-17-19-21-23-24-25-26-27-28-29-30-31-32-33-34-35-36-37-38-39-40-41-42-43-44-45-47-49-51-53-55-57-59-61-63-73(91)86-68(69(90)62-60-58-56-54-52-50-48-46-22-20-18-16-14-12-10-8-6-4-2)67-99-83-79(97)76(94)81(71(65-88)101-83)104-85-80(98)77(95)82(72(66-89)102-85)103-84-78(96)75(93)74(92)70(64-87)100-84/h5,7,11,13,17,19,23-24,26-27,29-30,32-33,35-36,60,62,68-72,74-85,87-90,92-98H,3-4,6,8-10,12,14-16,18,20-22,25,28,31,34,37-59,61,63-67H2,1-2H3,(H,86,91)/b7-5-,13-11-,19-17-,24-23-,27-26-,30-29-,33-32-,36-35-,62-60+. The Hall–Kier alpha value is -3.55. The van der Waals surface area contributed by atoms with E-state index in [4.69, 9.17) is 28.4 Å². The van der Waals surface area contributed by atoms with Gasteiger partial charge in [-0.25, -0.2) is 0 Å². The second-order valence-electron chi connectivity index (χ2n) is 28.9. The Bertz CT molecular complexity index is 2300. The van der Waals surface area contributed by atoms with E-state index in [0.717, 1.165) is 96.3 Å². The SMILES string of the molecule is CC/C=C\C/C=C\C/C=C\C/C=C\C/C=C\C/C=C\C/C=C\C/C=C\CCCCCCCCCCCCCCCCCCC(=O)NC(COC1OC(CO)C(OC2OC(CO)C(OC3OC(CO)C(O)C(O)C3O)C(O)C2O)C(O)C1O)C(O)/C=C/CCCCCCCCCCCCCCCCCC. The van der Waals surface area contributed by atoms with Gasteiger partial charge in [0.05, 0.1) is 38.6 Å². The van der Waals surface area contributed by atoms with Crippen molar-refractivity contribution in [2.45, 2.75) is 394 Å². The van der Waals surface area contributed by atoms with Gasteiger partial charge in [0.2, 0.25) is 5.91 Å². The zero-order valence-corrected chi connectivity index (χ0v) is 64.2. The van der Waals surface area contributed by atoms with Crippen LogP contribution >= 0.6 is 0 Å². The van der Waals surface area contributed by atoms with E-state index in [2.05, 4.69) is 116 Å². The molecule has 3 aliphatic heterocycles. The summed E-state index contributed by atoms with van der Waals surface area (Å²) >= 11 is 0. The summed E-state index contributed by atoms with van der Waals surface area (Å²) in [6.07, 6.45) is 62.2. The minimum Gasteiger partial charge on any atom is -0.394 e. The predicted octanol–water partition coefficient (Wildman–Crippen LogP) is 14.1. The first kappa shape index (κ1) is 94.7. The lowest BCUT2D eigenvalue weighted by Gasteiger charge is -2.48. The molecule has 3 aliphatic rings. The van der Waals surface area contributed by atoms with Crippen LogP contribution in [0.1, 0.15) is 290 Å². The van der Waals surface area contributed by atoms with E-state index in [1.165, 1.54) is 167 Å². The molecule has 0 aromatic rings. The van der Waals surface area contributed by atoms with Gasteiger partial charge in [-0.1, -0.05) is 309 Å². The predicted molar refractivity (Wildman–Crippen MR) is 415 cm³/mol. The van der Waals surface area contributed by atoms with Crippen LogP contribution in [0.15, 0.2) is 109 Å². The van der Waals surface area contributed by atoms with Crippen molar-refractivity contribution in [1.82, 2.24) is 5.32 Å². The van der Waals surface area contributed by atoms with E-state index in [-0.39, 0.29) is 18.9 Å². The molecule has 3 fully saturated rings. The molecule has 19 heteroatoms. The number of hydrogen-bond donors (Lipinski definition) is 12. The highest BCUT2D eigenvalue weighted by atomic mass is 16.8. The van der Waals surface area contributed by atoms with E-state index in [0.29, 0.717) is 6.42 Å². The molecule has 17 unspecified atom stereocenters. The van der Waals surface area contributed by atoms with Gasteiger partial charge in [0, 0.05) is 6.42 Å². The van der Waals surface area contributed by atoms with Crippen molar-refractivity contribution < 1.29 is 89.4 Å². The molecule has 12 N–H and O–H groups in total. The molecule has 3 rings (SSSR count). The highest BCUT2D eigenvalue weighted by Gasteiger charge is 2.54. The summed E-state index contributed by atoms with van der Waals surface area (Å²) in [6.45, 7) is 1.64. The summed E-state index contributed by atoms with van der Waals surface area (Å²) in [5.41, 5.74) is 0. The van der Waals surface area contributed by atoms with Gasteiger partial charge in [-0.05, 0) is 83.5 Å². The first-order valence-corrected chi connectivity index (χ1v) is 41.1. The van der Waals surface area contributed by atoms with Crippen LogP contribution in [0, 0.1) is 0 Å². The number of aliphatic hydroxyl groups is 11. The largest absolute Gasteiger partial charge is 0.394 e. The number of unbranched alkanes of at least 4 members (excludes halogenated alkanes) is 32.